The molecule has 94 valence electrons. The van der Waals surface area contributed by atoms with E-state index in [4.69, 9.17) is 0 Å². The Morgan fingerprint density at radius 2 is 2.12 bits per heavy atom. The lowest BCUT2D eigenvalue weighted by Gasteiger charge is -2.15. The van der Waals surface area contributed by atoms with Crippen LogP contribution in [0.15, 0.2) is 24.3 Å². The highest BCUT2D eigenvalue weighted by Crippen LogP contribution is 2.03. The molecule has 3 heteroatoms. The predicted octanol–water partition coefficient (Wildman–Crippen LogP) is 0.505. The van der Waals surface area contributed by atoms with Crippen LogP contribution < -0.4 is 10.2 Å². The number of nitrogens with one attached hydrogen (secondary N) is 2. The molecule has 0 spiro atoms. The molecule has 2 N–H and O–H groups in total. The maximum Gasteiger partial charge on any atom is 0.251 e. The van der Waals surface area contributed by atoms with E-state index in [0.717, 1.165) is 24.2 Å². The molecule has 1 aromatic rings. The summed E-state index contributed by atoms with van der Waals surface area (Å²) in [4.78, 5) is 13.3. The molecule has 17 heavy (non-hydrogen) atoms. The van der Waals surface area contributed by atoms with Crippen molar-refractivity contribution in [3.05, 3.63) is 35.4 Å². The Labute approximate surface area is 104 Å². The minimum absolute atomic E-state index is 0.0225. The minimum Gasteiger partial charge on any atom is -0.352 e. The number of aryl methyl sites for hydroxylation is 1. The number of hydrogen-bond acceptors (Lipinski definition) is 1. The number of hydrogen-bond donors (Lipinski definition) is 2. The Balaban J connectivity index is 2.45. The van der Waals surface area contributed by atoms with E-state index in [2.05, 4.69) is 26.3 Å². The second kappa shape index (κ2) is 6.40. The fraction of sp³-hybridized carbons (Fsp3) is 0.500. The molecule has 0 saturated carbocycles. The van der Waals surface area contributed by atoms with Crippen molar-refractivity contribution in [2.24, 2.45) is 5.92 Å². The average Bonchev–Trinajstić information content (AvgIpc) is 2.25. The largest absolute Gasteiger partial charge is 0.352 e. The maximum atomic E-state index is 11.9. The van der Waals surface area contributed by atoms with Gasteiger partial charge < -0.3 is 10.2 Å². The van der Waals surface area contributed by atoms with Crippen molar-refractivity contribution in [2.75, 3.05) is 27.2 Å². The molecule has 0 bridgehead atoms. The molecule has 0 aromatic heterocycles. The van der Waals surface area contributed by atoms with Crippen LogP contribution in [0.3, 0.4) is 0 Å². The van der Waals surface area contributed by atoms with Crippen molar-refractivity contribution in [2.45, 2.75) is 13.8 Å². The van der Waals surface area contributed by atoms with Crippen LogP contribution in [0.4, 0.5) is 0 Å². The summed E-state index contributed by atoms with van der Waals surface area (Å²) in [5.41, 5.74) is 1.86. The lowest BCUT2D eigenvalue weighted by molar-refractivity contribution is -0.861. The van der Waals surface area contributed by atoms with Crippen LogP contribution >= 0.6 is 0 Å². The van der Waals surface area contributed by atoms with Gasteiger partial charge in [0.2, 0.25) is 0 Å². The van der Waals surface area contributed by atoms with Gasteiger partial charge in [-0.15, -0.1) is 0 Å². The summed E-state index contributed by atoms with van der Waals surface area (Å²) in [7, 11) is 4.25. The molecule has 0 aliphatic rings. The van der Waals surface area contributed by atoms with E-state index in [1.54, 1.807) is 0 Å². The van der Waals surface area contributed by atoms with Crippen LogP contribution in [0.5, 0.6) is 0 Å². The van der Waals surface area contributed by atoms with E-state index in [1.807, 2.05) is 31.2 Å². The van der Waals surface area contributed by atoms with Crippen LogP contribution in [0.25, 0.3) is 0 Å². The van der Waals surface area contributed by atoms with Gasteiger partial charge in [-0.05, 0) is 19.1 Å². The van der Waals surface area contributed by atoms with Crippen LogP contribution in [0.1, 0.15) is 22.8 Å². The second-order valence-electron chi connectivity index (χ2n) is 5.10. The summed E-state index contributed by atoms with van der Waals surface area (Å²) in [6.45, 7) is 5.95. The monoisotopic (exact) mass is 235 g/mol. The molecule has 1 aromatic carbocycles. The van der Waals surface area contributed by atoms with Crippen molar-refractivity contribution in [1.82, 2.24) is 5.32 Å². The second-order valence-corrected chi connectivity index (χ2v) is 5.10. The summed E-state index contributed by atoms with van der Waals surface area (Å²) in [5, 5.41) is 2.98. The molecule has 0 aliphatic heterocycles. The maximum absolute atomic E-state index is 11.9. The SMILES string of the molecule is Cc1cccc(C(=O)NC[C@H](C)C[NH+](C)C)c1. The van der Waals surface area contributed by atoms with E-state index in [9.17, 15) is 4.79 Å². The van der Waals surface area contributed by atoms with Crippen molar-refractivity contribution in [3.8, 4) is 0 Å². The molecule has 0 heterocycles. The summed E-state index contributed by atoms with van der Waals surface area (Å²) in [6.07, 6.45) is 0. The van der Waals surface area contributed by atoms with Crippen molar-refractivity contribution in [3.63, 3.8) is 0 Å². The molecule has 1 atom stereocenters. The lowest BCUT2D eigenvalue weighted by Crippen LogP contribution is -3.06. The van der Waals surface area contributed by atoms with Gasteiger partial charge in [0, 0.05) is 18.0 Å². The summed E-state index contributed by atoms with van der Waals surface area (Å²) < 4.78 is 0. The minimum atomic E-state index is 0.0225. The molecular formula is C14H23N2O+. The van der Waals surface area contributed by atoms with Crippen molar-refractivity contribution >= 4 is 5.91 Å². The molecule has 0 radical (unpaired) electrons. The molecule has 0 aliphatic carbocycles. The van der Waals surface area contributed by atoms with Gasteiger partial charge in [-0.3, -0.25) is 4.79 Å². The first-order chi connectivity index (χ1) is 7.99. The lowest BCUT2D eigenvalue weighted by atomic mass is 10.1. The van der Waals surface area contributed by atoms with E-state index < -0.39 is 0 Å². The molecule has 0 unspecified atom stereocenters. The smallest absolute Gasteiger partial charge is 0.251 e. The van der Waals surface area contributed by atoms with E-state index in [0.29, 0.717) is 5.92 Å². The highest BCUT2D eigenvalue weighted by Gasteiger charge is 2.09. The van der Waals surface area contributed by atoms with Crippen molar-refractivity contribution in [1.29, 1.82) is 0 Å². The Hall–Kier alpha value is -1.35. The van der Waals surface area contributed by atoms with Gasteiger partial charge in [0.1, 0.15) is 0 Å². The number of quaternary nitrogens is 1. The Morgan fingerprint density at radius 3 is 2.71 bits per heavy atom. The zero-order chi connectivity index (χ0) is 12.8. The van der Waals surface area contributed by atoms with E-state index in [-0.39, 0.29) is 5.91 Å². The topological polar surface area (TPSA) is 33.5 Å². The molecule has 1 rings (SSSR count). The quantitative estimate of drug-likeness (QED) is 0.766. The highest BCUT2D eigenvalue weighted by atomic mass is 16.1. The van der Waals surface area contributed by atoms with E-state index in [1.165, 1.54) is 4.90 Å². The summed E-state index contributed by atoms with van der Waals surface area (Å²) in [6, 6.07) is 7.67. The number of carbonyl (C=O) groups excluding carboxylic acids is 1. The fourth-order valence-electron chi connectivity index (χ4n) is 1.92. The summed E-state index contributed by atoms with van der Waals surface area (Å²) >= 11 is 0. The van der Waals surface area contributed by atoms with Crippen LogP contribution in [0, 0.1) is 12.8 Å². The molecule has 3 nitrogen and oxygen atoms in total. The van der Waals surface area contributed by atoms with Gasteiger partial charge in [-0.2, -0.15) is 0 Å². The number of rotatable bonds is 5. The molecule has 1 amide bonds. The van der Waals surface area contributed by atoms with Gasteiger partial charge in [0.15, 0.2) is 0 Å². The van der Waals surface area contributed by atoms with E-state index >= 15 is 0 Å². The third-order valence-electron chi connectivity index (χ3n) is 2.65. The third-order valence-corrected chi connectivity index (χ3v) is 2.65. The molecule has 0 saturated heterocycles. The highest BCUT2D eigenvalue weighted by molar-refractivity contribution is 5.94. The zero-order valence-electron chi connectivity index (χ0n) is 11.2. The summed E-state index contributed by atoms with van der Waals surface area (Å²) in [5.74, 6) is 0.517. The van der Waals surface area contributed by atoms with Gasteiger partial charge in [-0.25, -0.2) is 0 Å². The third kappa shape index (κ3) is 5.00. The molecule has 0 fully saturated rings. The number of amides is 1. The zero-order valence-corrected chi connectivity index (χ0v) is 11.2. The van der Waals surface area contributed by atoms with Gasteiger partial charge in [0.25, 0.3) is 5.91 Å². The van der Waals surface area contributed by atoms with Crippen molar-refractivity contribution < 1.29 is 9.69 Å². The number of benzene rings is 1. The molecular weight excluding hydrogens is 212 g/mol. The fourth-order valence-corrected chi connectivity index (χ4v) is 1.92. The first-order valence-electron chi connectivity index (χ1n) is 6.13. The normalized spacial score (nSPS) is 12.5. The van der Waals surface area contributed by atoms with Gasteiger partial charge in [-0.1, -0.05) is 24.6 Å². The Bertz CT molecular complexity index is 374. The van der Waals surface area contributed by atoms with Crippen LogP contribution in [0.2, 0.25) is 0 Å². The Morgan fingerprint density at radius 1 is 1.41 bits per heavy atom. The Kier molecular flexibility index (Phi) is 5.16. The first kappa shape index (κ1) is 13.7. The standard InChI is InChI=1S/C14H22N2O/c1-11-6-5-7-13(8-11)14(17)15-9-12(2)10-16(3)4/h5-8,12H,9-10H2,1-4H3,(H,15,17)/p+1/t12-/m0/s1. The number of carbonyl (C=O) groups is 1. The predicted molar refractivity (Wildman–Crippen MR) is 70.4 cm³/mol. The average molecular weight is 235 g/mol. The first-order valence-corrected chi connectivity index (χ1v) is 6.13. The van der Waals surface area contributed by atoms with Gasteiger partial charge in [0.05, 0.1) is 20.6 Å². The van der Waals surface area contributed by atoms with Gasteiger partial charge >= 0.3 is 0 Å². The van der Waals surface area contributed by atoms with Crippen LogP contribution in [-0.4, -0.2) is 33.1 Å². The van der Waals surface area contributed by atoms with Crippen LogP contribution in [-0.2, 0) is 0 Å².